The zero-order valence-corrected chi connectivity index (χ0v) is 14.8. The van der Waals surface area contributed by atoms with Gasteiger partial charge in [-0.3, -0.25) is 20.4 Å². The van der Waals surface area contributed by atoms with E-state index in [0.29, 0.717) is 15.8 Å². The Balaban J connectivity index is 1.66. The van der Waals surface area contributed by atoms with Crippen LogP contribution in [0.5, 0.6) is 5.75 Å². The molecule has 7 nitrogen and oxygen atoms in total. The average Bonchev–Trinajstić information content (AvgIpc) is 2.64. The summed E-state index contributed by atoms with van der Waals surface area (Å²) in [5.41, 5.74) is 4.49. The molecular formula is C17H14Cl2N2O5. The summed E-state index contributed by atoms with van der Waals surface area (Å²) in [5, 5.41) is 1.02. The van der Waals surface area contributed by atoms with E-state index in [1.807, 2.05) is 0 Å². The maximum atomic E-state index is 11.7. The van der Waals surface area contributed by atoms with Crippen molar-refractivity contribution in [3.63, 3.8) is 0 Å². The Bertz CT molecular complexity index is 779. The molecule has 0 aliphatic heterocycles. The van der Waals surface area contributed by atoms with Crippen molar-refractivity contribution in [1.82, 2.24) is 10.9 Å². The molecule has 0 radical (unpaired) electrons. The summed E-state index contributed by atoms with van der Waals surface area (Å²) >= 11 is 11.4. The number of amides is 2. The van der Waals surface area contributed by atoms with Crippen molar-refractivity contribution in [2.24, 2.45) is 0 Å². The number of rotatable bonds is 6. The first kappa shape index (κ1) is 19.6. The molecule has 0 atom stereocenters. The lowest BCUT2D eigenvalue weighted by atomic mass is 10.2. The Morgan fingerprint density at radius 3 is 1.85 bits per heavy atom. The van der Waals surface area contributed by atoms with Crippen LogP contribution in [-0.2, 0) is 14.3 Å². The van der Waals surface area contributed by atoms with E-state index in [9.17, 15) is 14.4 Å². The molecule has 2 N–H and O–H groups in total. The van der Waals surface area contributed by atoms with E-state index < -0.39 is 24.4 Å². The average molecular weight is 397 g/mol. The van der Waals surface area contributed by atoms with Gasteiger partial charge in [0.25, 0.3) is 11.8 Å². The lowest BCUT2D eigenvalue weighted by Crippen LogP contribution is -2.45. The van der Waals surface area contributed by atoms with Gasteiger partial charge in [-0.2, -0.15) is 0 Å². The molecule has 0 aliphatic rings. The maximum absolute atomic E-state index is 11.7. The SMILES string of the molecule is O=C(COC(=O)c1ccc(Cl)cc1)NNC(=O)COc1ccc(Cl)cc1. The molecular weight excluding hydrogens is 383 g/mol. The quantitative estimate of drug-likeness (QED) is 0.577. The standard InChI is InChI=1S/C17H14Cl2N2O5/c18-12-3-1-11(2-4-12)17(24)26-10-16(23)21-20-15(22)9-25-14-7-5-13(19)6-8-14/h1-8H,9-10H2,(H,20,22)(H,21,23). The molecule has 0 spiro atoms. The van der Waals surface area contributed by atoms with E-state index in [1.54, 1.807) is 24.3 Å². The van der Waals surface area contributed by atoms with Crippen LogP contribution >= 0.6 is 23.2 Å². The van der Waals surface area contributed by atoms with Gasteiger partial charge in [-0.05, 0) is 48.5 Å². The van der Waals surface area contributed by atoms with Crippen LogP contribution in [0.15, 0.2) is 48.5 Å². The van der Waals surface area contributed by atoms with Gasteiger partial charge in [-0.15, -0.1) is 0 Å². The molecule has 26 heavy (non-hydrogen) atoms. The van der Waals surface area contributed by atoms with E-state index >= 15 is 0 Å². The molecule has 9 heteroatoms. The van der Waals surface area contributed by atoms with E-state index in [2.05, 4.69) is 10.9 Å². The largest absolute Gasteiger partial charge is 0.484 e. The van der Waals surface area contributed by atoms with Gasteiger partial charge in [0.15, 0.2) is 13.2 Å². The van der Waals surface area contributed by atoms with E-state index in [4.69, 9.17) is 32.7 Å². The number of hydrazine groups is 1. The highest BCUT2D eigenvalue weighted by Crippen LogP contribution is 2.15. The molecule has 2 aromatic rings. The van der Waals surface area contributed by atoms with Crippen LogP contribution < -0.4 is 15.6 Å². The number of carbonyl (C=O) groups excluding carboxylic acids is 3. The molecule has 2 rings (SSSR count). The van der Waals surface area contributed by atoms with E-state index in [1.165, 1.54) is 24.3 Å². The first-order valence-electron chi connectivity index (χ1n) is 7.33. The van der Waals surface area contributed by atoms with Crippen LogP contribution in [0.1, 0.15) is 10.4 Å². The van der Waals surface area contributed by atoms with Crippen LogP contribution in [0.4, 0.5) is 0 Å². The van der Waals surface area contributed by atoms with Crippen LogP contribution in [0, 0.1) is 0 Å². The van der Waals surface area contributed by atoms with Gasteiger partial charge in [-0.25, -0.2) is 4.79 Å². The lowest BCUT2D eigenvalue weighted by Gasteiger charge is -2.09. The monoisotopic (exact) mass is 396 g/mol. The molecule has 2 amide bonds. The summed E-state index contributed by atoms with van der Waals surface area (Å²) in [6.07, 6.45) is 0. The van der Waals surface area contributed by atoms with Crippen LogP contribution in [-0.4, -0.2) is 31.0 Å². The Morgan fingerprint density at radius 2 is 1.27 bits per heavy atom. The highest BCUT2D eigenvalue weighted by molar-refractivity contribution is 6.30. The molecule has 0 aliphatic carbocycles. The first-order chi connectivity index (χ1) is 12.4. The number of carbonyl (C=O) groups is 3. The fourth-order valence-corrected chi connectivity index (χ4v) is 1.94. The number of hydrogen-bond acceptors (Lipinski definition) is 5. The van der Waals surface area contributed by atoms with E-state index in [-0.39, 0.29) is 12.2 Å². The second-order valence-corrected chi connectivity index (χ2v) is 5.79. The van der Waals surface area contributed by atoms with Crippen LogP contribution in [0.3, 0.4) is 0 Å². The van der Waals surface area contributed by atoms with Gasteiger partial charge in [0.2, 0.25) is 0 Å². The lowest BCUT2D eigenvalue weighted by molar-refractivity contribution is -0.131. The molecule has 0 saturated heterocycles. The summed E-state index contributed by atoms with van der Waals surface area (Å²) in [6, 6.07) is 12.4. The van der Waals surface area contributed by atoms with Gasteiger partial charge in [0.05, 0.1) is 5.56 Å². The number of hydrogen-bond donors (Lipinski definition) is 2. The molecule has 2 aromatic carbocycles. The van der Waals surface area contributed by atoms with Crippen molar-refractivity contribution < 1.29 is 23.9 Å². The fraction of sp³-hybridized carbons (Fsp3) is 0.118. The highest BCUT2D eigenvalue weighted by atomic mass is 35.5. The van der Waals surface area contributed by atoms with Crippen molar-refractivity contribution in [1.29, 1.82) is 0 Å². The summed E-state index contributed by atoms with van der Waals surface area (Å²) < 4.78 is 10.0. The number of nitrogens with one attached hydrogen (secondary N) is 2. The van der Waals surface area contributed by atoms with Crippen LogP contribution in [0.2, 0.25) is 10.0 Å². The summed E-state index contributed by atoms with van der Waals surface area (Å²) in [6.45, 7) is -0.869. The first-order valence-corrected chi connectivity index (χ1v) is 8.08. The Kier molecular flexibility index (Phi) is 7.25. The van der Waals surface area contributed by atoms with Crippen molar-refractivity contribution in [3.05, 3.63) is 64.1 Å². The molecule has 0 saturated carbocycles. The van der Waals surface area contributed by atoms with Crippen LogP contribution in [0.25, 0.3) is 0 Å². The zero-order valence-electron chi connectivity index (χ0n) is 13.3. The molecule has 0 fully saturated rings. The van der Waals surface area contributed by atoms with Gasteiger partial charge in [0.1, 0.15) is 5.75 Å². The second-order valence-electron chi connectivity index (χ2n) is 4.92. The minimum atomic E-state index is -0.702. The number of esters is 1. The van der Waals surface area contributed by atoms with Gasteiger partial charge in [-0.1, -0.05) is 23.2 Å². The third-order valence-corrected chi connectivity index (χ3v) is 3.44. The molecule has 0 bridgehead atoms. The minimum Gasteiger partial charge on any atom is -0.484 e. The smallest absolute Gasteiger partial charge is 0.338 e. The van der Waals surface area contributed by atoms with Crippen molar-refractivity contribution in [2.45, 2.75) is 0 Å². The molecule has 0 heterocycles. The zero-order chi connectivity index (χ0) is 18.9. The topological polar surface area (TPSA) is 93.7 Å². The Hall–Kier alpha value is -2.77. The van der Waals surface area contributed by atoms with Crippen molar-refractivity contribution >= 4 is 41.0 Å². The normalized spacial score (nSPS) is 9.92. The Morgan fingerprint density at radius 1 is 0.769 bits per heavy atom. The summed E-state index contributed by atoms with van der Waals surface area (Å²) in [5.74, 6) is -1.52. The summed E-state index contributed by atoms with van der Waals surface area (Å²) in [4.78, 5) is 34.9. The molecule has 0 unspecified atom stereocenters. The highest BCUT2D eigenvalue weighted by Gasteiger charge is 2.11. The molecule has 136 valence electrons. The maximum Gasteiger partial charge on any atom is 0.338 e. The van der Waals surface area contributed by atoms with Gasteiger partial charge >= 0.3 is 5.97 Å². The minimum absolute atomic E-state index is 0.252. The third kappa shape index (κ3) is 6.62. The number of halogens is 2. The van der Waals surface area contributed by atoms with E-state index in [0.717, 1.165) is 0 Å². The molecule has 0 aromatic heterocycles. The predicted molar refractivity (Wildman–Crippen MR) is 95.0 cm³/mol. The Labute approximate surface area is 159 Å². The number of benzene rings is 2. The van der Waals surface area contributed by atoms with Crippen molar-refractivity contribution in [3.8, 4) is 5.75 Å². The summed E-state index contributed by atoms with van der Waals surface area (Å²) in [7, 11) is 0. The van der Waals surface area contributed by atoms with Gasteiger partial charge < -0.3 is 9.47 Å². The third-order valence-electron chi connectivity index (χ3n) is 2.94. The predicted octanol–water partition coefficient (Wildman–Crippen LogP) is 2.38. The van der Waals surface area contributed by atoms with Gasteiger partial charge in [0, 0.05) is 10.0 Å². The van der Waals surface area contributed by atoms with Crippen molar-refractivity contribution in [2.75, 3.05) is 13.2 Å². The second kappa shape index (κ2) is 9.65. The number of ether oxygens (including phenoxy) is 2. The fourth-order valence-electron chi connectivity index (χ4n) is 1.69.